The summed E-state index contributed by atoms with van der Waals surface area (Å²) >= 11 is 5.80. The first kappa shape index (κ1) is 20.1. The van der Waals surface area contributed by atoms with Gasteiger partial charge in [-0.2, -0.15) is 4.98 Å². The van der Waals surface area contributed by atoms with Crippen molar-refractivity contribution in [2.24, 2.45) is 0 Å². The second-order valence-electron chi connectivity index (χ2n) is 7.82. The number of hydrogen-bond acceptors (Lipinski definition) is 7. The van der Waals surface area contributed by atoms with Crippen LogP contribution in [-0.4, -0.2) is 64.0 Å². The molecule has 1 atom stereocenters. The molecule has 2 N–H and O–H groups in total. The Bertz CT molecular complexity index is 571. The second kappa shape index (κ2) is 8.01. The molecule has 7 nitrogen and oxygen atoms in total. The van der Waals surface area contributed by atoms with E-state index in [9.17, 15) is 0 Å². The minimum absolute atomic E-state index is 0.0911. The lowest BCUT2D eigenvalue weighted by molar-refractivity contribution is -0.0292. The van der Waals surface area contributed by atoms with Crippen LogP contribution >= 0.6 is 11.6 Å². The zero-order valence-corrected chi connectivity index (χ0v) is 16.8. The summed E-state index contributed by atoms with van der Waals surface area (Å²) in [4.78, 5) is 8.89. The highest BCUT2D eigenvalue weighted by atomic mass is 35.5. The monoisotopic (exact) mass is 370 g/mol. The van der Waals surface area contributed by atoms with E-state index in [4.69, 9.17) is 22.1 Å². The van der Waals surface area contributed by atoms with E-state index >= 15 is 0 Å². The van der Waals surface area contributed by atoms with Gasteiger partial charge in [0.25, 0.3) is 0 Å². The number of aromatic nitrogens is 3. The van der Waals surface area contributed by atoms with Crippen molar-refractivity contribution in [3.8, 4) is 0 Å². The van der Waals surface area contributed by atoms with Crippen LogP contribution in [0.3, 0.4) is 0 Å². The standard InChI is InChI=1S/C17H31ClN6O/c1-6-17(5,7-12-25-16(2,3)4)24-10-8-23(9-11-24)15-20-14(19)13(18)21-22-15/h6-12H2,1-5H3,(H2,19,20,22). The second-order valence-corrected chi connectivity index (χ2v) is 8.18. The average Bonchev–Trinajstić information content (AvgIpc) is 2.56. The Kier molecular flexibility index (Phi) is 6.45. The van der Waals surface area contributed by atoms with E-state index in [-0.39, 0.29) is 22.1 Å². The summed E-state index contributed by atoms with van der Waals surface area (Å²) in [6, 6.07) is 0. The third kappa shape index (κ3) is 5.39. The van der Waals surface area contributed by atoms with Gasteiger partial charge >= 0.3 is 0 Å². The third-order valence-corrected chi connectivity index (χ3v) is 5.19. The fourth-order valence-corrected chi connectivity index (χ4v) is 3.11. The molecule has 1 unspecified atom stereocenters. The van der Waals surface area contributed by atoms with E-state index in [1.54, 1.807) is 0 Å². The summed E-state index contributed by atoms with van der Waals surface area (Å²) in [5.41, 5.74) is 5.78. The van der Waals surface area contributed by atoms with E-state index in [1.165, 1.54) is 0 Å². The Morgan fingerprint density at radius 1 is 1.12 bits per heavy atom. The molecule has 2 heterocycles. The van der Waals surface area contributed by atoms with Crippen LogP contribution in [0.15, 0.2) is 0 Å². The molecule has 8 heteroatoms. The number of nitrogens with two attached hydrogens (primary N) is 1. The lowest BCUT2D eigenvalue weighted by Crippen LogP contribution is -2.56. The summed E-state index contributed by atoms with van der Waals surface area (Å²) in [5, 5.41) is 8.07. The molecular formula is C17H31ClN6O. The van der Waals surface area contributed by atoms with Crippen molar-refractivity contribution in [1.29, 1.82) is 0 Å². The molecule has 1 aliphatic heterocycles. The summed E-state index contributed by atoms with van der Waals surface area (Å²) in [5.74, 6) is 0.780. The largest absolute Gasteiger partial charge is 0.381 e. The summed E-state index contributed by atoms with van der Waals surface area (Å²) < 4.78 is 5.94. The first-order valence-corrected chi connectivity index (χ1v) is 9.32. The van der Waals surface area contributed by atoms with Crippen LogP contribution in [0.2, 0.25) is 5.15 Å². The van der Waals surface area contributed by atoms with Crippen molar-refractivity contribution < 1.29 is 4.74 Å². The maximum absolute atomic E-state index is 5.94. The molecule has 0 aromatic carbocycles. The van der Waals surface area contributed by atoms with Crippen LogP contribution in [-0.2, 0) is 4.74 Å². The number of rotatable bonds is 6. The van der Waals surface area contributed by atoms with Gasteiger partial charge < -0.3 is 15.4 Å². The Morgan fingerprint density at radius 2 is 1.76 bits per heavy atom. The molecule has 0 spiro atoms. The third-order valence-electron chi connectivity index (χ3n) is 4.92. The number of piperazine rings is 1. The summed E-state index contributed by atoms with van der Waals surface area (Å²) in [6.45, 7) is 15.2. The van der Waals surface area contributed by atoms with Crippen molar-refractivity contribution in [2.75, 3.05) is 43.4 Å². The van der Waals surface area contributed by atoms with Gasteiger partial charge in [0.15, 0.2) is 11.0 Å². The highest BCUT2D eigenvalue weighted by Gasteiger charge is 2.33. The van der Waals surface area contributed by atoms with Crippen LogP contribution in [0.4, 0.5) is 11.8 Å². The molecule has 142 valence electrons. The molecule has 1 aliphatic rings. The Morgan fingerprint density at radius 3 is 2.28 bits per heavy atom. The zero-order valence-electron chi connectivity index (χ0n) is 16.0. The number of anilines is 2. The summed E-state index contributed by atoms with van der Waals surface area (Å²) in [7, 11) is 0. The highest BCUT2D eigenvalue weighted by Crippen LogP contribution is 2.27. The molecule has 1 aromatic rings. The molecule has 1 fully saturated rings. The van der Waals surface area contributed by atoms with Gasteiger partial charge in [-0.15, -0.1) is 10.2 Å². The number of hydrogen-bond donors (Lipinski definition) is 1. The van der Waals surface area contributed by atoms with Crippen molar-refractivity contribution in [3.05, 3.63) is 5.15 Å². The van der Waals surface area contributed by atoms with E-state index in [0.29, 0.717) is 5.95 Å². The fourth-order valence-electron chi connectivity index (χ4n) is 3.03. The van der Waals surface area contributed by atoms with Crippen molar-refractivity contribution in [3.63, 3.8) is 0 Å². The zero-order chi connectivity index (χ0) is 18.7. The van der Waals surface area contributed by atoms with Crippen LogP contribution < -0.4 is 10.6 Å². The molecule has 1 saturated heterocycles. The van der Waals surface area contributed by atoms with Gasteiger partial charge in [-0.1, -0.05) is 18.5 Å². The van der Waals surface area contributed by atoms with Crippen LogP contribution in [0.1, 0.15) is 47.5 Å². The number of ether oxygens (including phenoxy) is 1. The quantitative estimate of drug-likeness (QED) is 0.824. The van der Waals surface area contributed by atoms with Gasteiger partial charge in [0, 0.05) is 38.3 Å². The maximum atomic E-state index is 5.94. The van der Waals surface area contributed by atoms with Gasteiger partial charge in [0.1, 0.15) is 0 Å². The highest BCUT2D eigenvalue weighted by molar-refractivity contribution is 6.31. The van der Waals surface area contributed by atoms with Gasteiger partial charge in [-0.3, -0.25) is 4.90 Å². The van der Waals surface area contributed by atoms with Gasteiger partial charge in [-0.05, 0) is 40.5 Å². The molecule has 0 amide bonds. The lowest BCUT2D eigenvalue weighted by Gasteiger charge is -2.46. The number of nitrogen functional groups attached to an aromatic ring is 1. The van der Waals surface area contributed by atoms with E-state index in [0.717, 1.165) is 45.6 Å². The first-order chi connectivity index (χ1) is 11.6. The number of nitrogens with zero attached hydrogens (tertiary/aromatic N) is 5. The van der Waals surface area contributed by atoms with Crippen molar-refractivity contribution >= 4 is 23.4 Å². The van der Waals surface area contributed by atoms with Gasteiger partial charge in [0.05, 0.1) is 5.60 Å². The molecular weight excluding hydrogens is 340 g/mol. The lowest BCUT2D eigenvalue weighted by atomic mass is 9.91. The molecule has 0 aliphatic carbocycles. The Labute approximate surface area is 155 Å². The van der Waals surface area contributed by atoms with E-state index in [1.807, 2.05) is 0 Å². The topological polar surface area (TPSA) is 80.4 Å². The predicted octanol–water partition coefficient (Wildman–Crippen LogP) is 2.60. The molecule has 0 radical (unpaired) electrons. The average molecular weight is 371 g/mol. The Hall–Kier alpha value is -1.18. The SMILES string of the molecule is CCC(C)(CCOC(C)(C)C)N1CCN(c2nnc(Cl)c(N)n2)CC1. The molecule has 25 heavy (non-hydrogen) atoms. The molecule has 1 aromatic heterocycles. The number of halogens is 1. The van der Waals surface area contributed by atoms with E-state index in [2.05, 4.69) is 59.6 Å². The molecule has 2 rings (SSSR count). The van der Waals surface area contributed by atoms with Crippen molar-refractivity contribution in [2.45, 2.75) is 58.6 Å². The normalized spacial score (nSPS) is 19.0. The van der Waals surface area contributed by atoms with Crippen LogP contribution in [0.5, 0.6) is 0 Å². The van der Waals surface area contributed by atoms with E-state index < -0.39 is 0 Å². The Balaban J connectivity index is 1.93. The predicted molar refractivity (Wildman–Crippen MR) is 102 cm³/mol. The van der Waals surface area contributed by atoms with Crippen molar-refractivity contribution in [1.82, 2.24) is 20.1 Å². The fraction of sp³-hybridized carbons (Fsp3) is 0.824. The first-order valence-electron chi connectivity index (χ1n) is 8.94. The maximum Gasteiger partial charge on any atom is 0.247 e. The summed E-state index contributed by atoms with van der Waals surface area (Å²) in [6.07, 6.45) is 2.11. The van der Waals surface area contributed by atoms with Crippen LogP contribution in [0, 0.1) is 0 Å². The van der Waals surface area contributed by atoms with Gasteiger partial charge in [-0.25, -0.2) is 0 Å². The smallest absolute Gasteiger partial charge is 0.247 e. The minimum Gasteiger partial charge on any atom is -0.381 e. The minimum atomic E-state index is -0.0911. The molecule has 0 saturated carbocycles. The van der Waals surface area contributed by atoms with Gasteiger partial charge in [0.2, 0.25) is 5.95 Å². The van der Waals surface area contributed by atoms with Crippen LogP contribution in [0.25, 0.3) is 0 Å². The molecule has 0 bridgehead atoms.